The largest absolute Gasteiger partial charge is 0.459 e. The van der Waals surface area contributed by atoms with E-state index in [1.54, 1.807) is 0 Å². The molecule has 0 spiro atoms. The Morgan fingerprint density at radius 2 is 1.80 bits per heavy atom. The summed E-state index contributed by atoms with van der Waals surface area (Å²) in [7, 11) is 0. The van der Waals surface area contributed by atoms with Crippen LogP contribution in [0.4, 0.5) is 0 Å². The van der Waals surface area contributed by atoms with Crippen molar-refractivity contribution in [1.82, 2.24) is 10.6 Å². The molecular formula is C10H20N2O3. The summed E-state index contributed by atoms with van der Waals surface area (Å²) < 4.78 is 5.08. The van der Waals surface area contributed by atoms with Crippen LogP contribution >= 0.6 is 0 Å². The van der Waals surface area contributed by atoms with Crippen molar-refractivity contribution in [3.63, 3.8) is 0 Å². The number of amides is 1. The fourth-order valence-electron chi connectivity index (χ4n) is 0.895. The predicted molar refractivity (Wildman–Crippen MR) is 57.4 cm³/mol. The Hall–Kier alpha value is -1.10. The van der Waals surface area contributed by atoms with E-state index < -0.39 is 5.60 Å². The van der Waals surface area contributed by atoms with Crippen molar-refractivity contribution >= 4 is 11.9 Å². The summed E-state index contributed by atoms with van der Waals surface area (Å²) in [5, 5.41) is 5.49. The third kappa shape index (κ3) is 10.8. The van der Waals surface area contributed by atoms with E-state index >= 15 is 0 Å². The van der Waals surface area contributed by atoms with Crippen LogP contribution in [0.1, 0.15) is 27.7 Å². The highest BCUT2D eigenvalue weighted by Gasteiger charge is 2.15. The Labute approximate surface area is 90.6 Å². The monoisotopic (exact) mass is 216 g/mol. The molecule has 0 saturated heterocycles. The number of hydrogen-bond donors (Lipinski definition) is 2. The Kier molecular flexibility index (Phi) is 5.93. The lowest BCUT2D eigenvalue weighted by atomic mass is 10.2. The molecule has 0 aromatic heterocycles. The van der Waals surface area contributed by atoms with Gasteiger partial charge in [0.2, 0.25) is 5.91 Å². The Morgan fingerprint density at radius 3 is 2.27 bits per heavy atom. The van der Waals surface area contributed by atoms with Crippen LogP contribution in [-0.2, 0) is 14.3 Å². The molecule has 0 aliphatic carbocycles. The lowest BCUT2D eigenvalue weighted by Crippen LogP contribution is -2.35. The van der Waals surface area contributed by atoms with Crippen LogP contribution in [0.3, 0.4) is 0 Å². The minimum absolute atomic E-state index is 0.0749. The number of ether oxygens (including phenoxy) is 1. The second kappa shape index (κ2) is 6.40. The summed E-state index contributed by atoms with van der Waals surface area (Å²) in [4.78, 5) is 21.7. The van der Waals surface area contributed by atoms with Crippen LogP contribution in [0.15, 0.2) is 0 Å². The molecule has 5 nitrogen and oxygen atoms in total. The average Bonchev–Trinajstić information content (AvgIpc) is 1.99. The molecule has 0 saturated carbocycles. The van der Waals surface area contributed by atoms with Gasteiger partial charge in [-0.1, -0.05) is 0 Å². The Balaban J connectivity index is 3.44. The van der Waals surface area contributed by atoms with Crippen molar-refractivity contribution in [2.75, 3.05) is 19.6 Å². The van der Waals surface area contributed by atoms with E-state index in [-0.39, 0.29) is 18.4 Å². The molecule has 0 aromatic rings. The fourth-order valence-corrected chi connectivity index (χ4v) is 0.895. The smallest absolute Gasteiger partial charge is 0.320 e. The van der Waals surface area contributed by atoms with Crippen LogP contribution in [-0.4, -0.2) is 37.1 Å². The average molecular weight is 216 g/mol. The van der Waals surface area contributed by atoms with E-state index in [9.17, 15) is 9.59 Å². The molecule has 0 aliphatic rings. The first-order chi connectivity index (χ1) is 6.81. The zero-order valence-corrected chi connectivity index (χ0v) is 9.85. The first-order valence-electron chi connectivity index (χ1n) is 4.98. The quantitative estimate of drug-likeness (QED) is 0.503. The fraction of sp³-hybridized carbons (Fsp3) is 0.800. The molecule has 0 bridgehead atoms. The highest BCUT2D eigenvalue weighted by Crippen LogP contribution is 2.05. The first-order valence-corrected chi connectivity index (χ1v) is 4.98. The van der Waals surface area contributed by atoms with Crippen molar-refractivity contribution in [2.45, 2.75) is 33.3 Å². The SMILES string of the molecule is CC(=O)NCCNCC(=O)OC(C)(C)C. The summed E-state index contributed by atoms with van der Waals surface area (Å²) in [5.74, 6) is -0.362. The maximum Gasteiger partial charge on any atom is 0.320 e. The summed E-state index contributed by atoms with van der Waals surface area (Å²) in [5.41, 5.74) is -0.448. The molecule has 0 unspecified atom stereocenters. The van der Waals surface area contributed by atoms with Gasteiger partial charge < -0.3 is 15.4 Å². The van der Waals surface area contributed by atoms with Crippen molar-refractivity contribution in [3.8, 4) is 0 Å². The molecule has 15 heavy (non-hydrogen) atoms. The number of hydrogen-bond acceptors (Lipinski definition) is 4. The molecular weight excluding hydrogens is 196 g/mol. The van der Waals surface area contributed by atoms with E-state index in [4.69, 9.17) is 4.74 Å². The van der Waals surface area contributed by atoms with Crippen LogP contribution < -0.4 is 10.6 Å². The molecule has 88 valence electrons. The van der Waals surface area contributed by atoms with Gasteiger partial charge in [-0.25, -0.2) is 0 Å². The normalized spacial score (nSPS) is 10.9. The molecule has 1 amide bonds. The Morgan fingerprint density at radius 1 is 1.20 bits per heavy atom. The van der Waals surface area contributed by atoms with E-state index in [0.717, 1.165) is 0 Å². The summed E-state index contributed by atoms with van der Waals surface area (Å²) in [6, 6.07) is 0. The van der Waals surface area contributed by atoms with E-state index in [1.807, 2.05) is 20.8 Å². The van der Waals surface area contributed by atoms with Crippen molar-refractivity contribution < 1.29 is 14.3 Å². The van der Waals surface area contributed by atoms with Gasteiger partial charge >= 0.3 is 5.97 Å². The molecule has 0 fully saturated rings. The van der Waals surface area contributed by atoms with Gasteiger partial charge in [0.1, 0.15) is 5.60 Å². The van der Waals surface area contributed by atoms with Gasteiger partial charge in [-0.2, -0.15) is 0 Å². The van der Waals surface area contributed by atoms with Gasteiger partial charge in [-0.05, 0) is 20.8 Å². The maximum atomic E-state index is 11.2. The van der Waals surface area contributed by atoms with Gasteiger partial charge in [-0.3, -0.25) is 9.59 Å². The topological polar surface area (TPSA) is 67.4 Å². The van der Waals surface area contributed by atoms with E-state index in [0.29, 0.717) is 13.1 Å². The van der Waals surface area contributed by atoms with Crippen molar-refractivity contribution in [1.29, 1.82) is 0 Å². The minimum atomic E-state index is -0.448. The second-order valence-corrected chi connectivity index (χ2v) is 4.25. The zero-order valence-electron chi connectivity index (χ0n) is 9.85. The highest BCUT2D eigenvalue weighted by molar-refractivity contribution is 5.73. The number of carbonyl (C=O) groups is 2. The number of rotatable bonds is 5. The third-order valence-corrected chi connectivity index (χ3v) is 1.37. The van der Waals surface area contributed by atoms with Crippen LogP contribution in [0.25, 0.3) is 0 Å². The van der Waals surface area contributed by atoms with E-state index in [2.05, 4.69) is 10.6 Å². The molecule has 0 rings (SSSR count). The van der Waals surface area contributed by atoms with Gasteiger partial charge in [0.15, 0.2) is 0 Å². The highest BCUT2D eigenvalue weighted by atomic mass is 16.6. The van der Waals surface area contributed by atoms with Gasteiger partial charge in [0, 0.05) is 20.0 Å². The number of nitrogens with one attached hydrogen (secondary N) is 2. The van der Waals surface area contributed by atoms with Crippen LogP contribution in [0.5, 0.6) is 0 Å². The number of carbonyl (C=O) groups excluding carboxylic acids is 2. The molecule has 0 atom stereocenters. The molecule has 0 aromatic carbocycles. The molecule has 0 heterocycles. The predicted octanol–water partition coefficient (Wildman–Crippen LogP) is 0.0538. The lowest BCUT2D eigenvalue weighted by molar-refractivity contribution is -0.153. The standard InChI is InChI=1S/C10H20N2O3/c1-8(13)12-6-5-11-7-9(14)15-10(2,3)4/h11H,5-7H2,1-4H3,(H,12,13). The lowest BCUT2D eigenvalue weighted by Gasteiger charge is -2.19. The van der Waals surface area contributed by atoms with Crippen molar-refractivity contribution in [2.24, 2.45) is 0 Å². The van der Waals surface area contributed by atoms with Gasteiger partial charge in [0.25, 0.3) is 0 Å². The molecule has 5 heteroatoms. The van der Waals surface area contributed by atoms with Crippen LogP contribution in [0.2, 0.25) is 0 Å². The Bertz CT molecular complexity index is 221. The van der Waals surface area contributed by atoms with Gasteiger partial charge in [-0.15, -0.1) is 0 Å². The summed E-state index contributed by atoms with van der Waals surface area (Å²) >= 11 is 0. The van der Waals surface area contributed by atoms with Crippen LogP contribution in [0, 0.1) is 0 Å². The van der Waals surface area contributed by atoms with E-state index in [1.165, 1.54) is 6.92 Å². The number of esters is 1. The maximum absolute atomic E-state index is 11.2. The molecule has 2 N–H and O–H groups in total. The van der Waals surface area contributed by atoms with Crippen molar-refractivity contribution in [3.05, 3.63) is 0 Å². The molecule has 0 aliphatic heterocycles. The van der Waals surface area contributed by atoms with Gasteiger partial charge in [0.05, 0.1) is 6.54 Å². The summed E-state index contributed by atoms with van der Waals surface area (Å²) in [6.45, 7) is 8.15. The third-order valence-electron chi connectivity index (χ3n) is 1.37. The second-order valence-electron chi connectivity index (χ2n) is 4.25. The first kappa shape index (κ1) is 13.9. The minimum Gasteiger partial charge on any atom is -0.459 e. The zero-order chi connectivity index (χ0) is 11.9. The molecule has 0 radical (unpaired) electrons. The summed E-state index contributed by atoms with van der Waals surface area (Å²) in [6.07, 6.45) is 0.